The third kappa shape index (κ3) is 2.92. The summed E-state index contributed by atoms with van der Waals surface area (Å²) in [5.74, 6) is 0. The Labute approximate surface area is 81.9 Å². The predicted octanol–water partition coefficient (Wildman–Crippen LogP) is 1.63. The molecule has 74 valence electrons. The van der Waals surface area contributed by atoms with Crippen LogP contribution < -0.4 is 5.73 Å². The zero-order valence-electron chi connectivity index (χ0n) is 8.12. The molecule has 1 aliphatic heterocycles. The van der Waals surface area contributed by atoms with Crippen LogP contribution in [0.3, 0.4) is 0 Å². The fourth-order valence-corrected chi connectivity index (χ4v) is 2.06. The van der Waals surface area contributed by atoms with Crippen LogP contribution in [0.25, 0.3) is 0 Å². The summed E-state index contributed by atoms with van der Waals surface area (Å²) in [6, 6.07) is 1.50. The van der Waals surface area contributed by atoms with Crippen molar-refractivity contribution in [3.8, 4) is 0 Å². The maximum Gasteiger partial charge on any atom is 0.0110 e. The van der Waals surface area contributed by atoms with Gasteiger partial charge < -0.3 is 5.73 Å². The van der Waals surface area contributed by atoms with Gasteiger partial charge in [-0.15, -0.1) is 12.4 Å². The summed E-state index contributed by atoms with van der Waals surface area (Å²) in [7, 11) is 0. The maximum atomic E-state index is 5.54. The summed E-state index contributed by atoms with van der Waals surface area (Å²) in [6.45, 7) is 6.49. The van der Waals surface area contributed by atoms with Crippen LogP contribution in [0.4, 0.5) is 0 Å². The van der Waals surface area contributed by atoms with Crippen molar-refractivity contribution in [1.29, 1.82) is 0 Å². The number of nitrogens with two attached hydrogens (primary N) is 1. The molecule has 0 spiro atoms. The Morgan fingerprint density at radius 3 is 2.17 bits per heavy atom. The molecule has 0 aromatic rings. The lowest BCUT2D eigenvalue weighted by molar-refractivity contribution is 0.107. The maximum absolute atomic E-state index is 5.54. The van der Waals surface area contributed by atoms with Gasteiger partial charge in [0.25, 0.3) is 0 Å². The lowest BCUT2D eigenvalue weighted by Crippen LogP contribution is -2.45. The van der Waals surface area contributed by atoms with Gasteiger partial charge in [-0.1, -0.05) is 6.42 Å². The topological polar surface area (TPSA) is 29.3 Å². The van der Waals surface area contributed by atoms with Crippen LogP contribution in [-0.4, -0.2) is 30.1 Å². The van der Waals surface area contributed by atoms with Crippen molar-refractivity contribution >= 4 is 12.4 Å². The monoisotopic (exact) mass is 192 g/mol. The molecule has 0 saturated carbocycles. The van der Waals surface area contributed by atoms with Crippen LogP contribution in [0.1, 0.15) is 33.1 Å². The smallest absolute Gasteiger partial charge is 0.0110 e. The van der Waals surface area contributed by atoms with E-state index < -0.39 is 0 Å². The molecule has 1 heterocycles. The van der Waals surface area contributed by atoms with Crippen LogP contribution in [0.15, 0.2) is 0 Å². The molecule has 1 saturated heterocycles. The van der Waals surface area contributed by atoms with Gasteiger partial charge in [0, 0.05) is 25.2 Å². The number of halogens is 1. The Hall–Kier alpha value is 0.210. The summed E-state index contributed by atoms with van der Waals surface area (Å²) >= 11 is 0. The van der Waals surface area contributed by atoms with E-state index in [1.54, 1.807) is 0 Å². The van der Waals surface area contributed by atoms with Crippen molar-refractivity contribution in [3.63, 3.8) is 0 Å². The minimum Gasteiger partial charge on any atom is -0.329 e. The second kappa shape index (κ2) is 5.79. The first-order chi connectivity index (χ1) is 5.25. The summed E-state index contributed by atoms with van der Waals surface area (Å²) in [5, 5.41) is 0. The van der Waals surface area contributed by atoms with Gasteiger partial charge in [-0.05, 0) is 26.7 Å². The standard InChI is InChI=1S/C9H20N2.ClH/c1-8-4-3-5-9(2)11(8)7-6-10;/h8-9H,3-7,10H2,1-2H3;1H. The van der Waals surface area contributed by atoms with Crippen LogP contribution in [0.2, 0.25) is 0 Å². The van der Waals surface area contributed by atoms with E-state index in [2.05, 4.69) is 18.7 Å². The largest absolute Gasteiger partial charge is 0.329 e. The Kier molecular flexibility index (Phi) is 5.89. The molecule has 12 heavy (non-hydrogen) atoms. The highest BCUT2D eigenvalue weighted by Crippen LogP contribution is 2.21. The van der Waals surface area contributed by atoms with Gasteiger partial charge >= 0.3 is 0 Å². The van der Waals surface area contributed by atoms with Crippen molar-refractivity contribution in [2.75, 3.05) is 13.1 Å². The Morgan fingerprint density at radius 2 is 1.75 bits per heavy atom. The molecular formula is C9H21ClN2. The average molecular weight is 193 g/mol. The van der Waals surface area contributed by atoms with Crippen LogP contribution in [0.5, 0.6) is 0 Å². The van der Waals surface area contributed by atoms with E-state index in [1.165, 1.54) is 19.3 Å². The number of rotatable bonds is 2. The minimum absolute atomic E-state index is 0. The summed E-state index contributed by atoms with van der Waals surface area (Å²) in [5.41, 5.74) is 5.54. The predicted molar refractivity (Wildman–Crippen MR) is 55.8 cm³/mol. The Bertz CT molecular complexity index is 109. The molecule has 0 amide bonds. The third-order valence-electron chi connectivity index (χ3n) is 2.76. The minimum atomic E-state index is 0. The molecule has 3 heteroatoms. The van der Waals surface area contributed by atoms with E-state index in [9.17, 15) is 0 Å². The number of hydrogen-bond acceptors (Lipinski definition) is 2. The number of hydrogen-bond donors (Lipinski definition) is 1. The quantitative estimate of drug-likeness (QED) is 0.721. The SMILES string of the molecule is CC1CCCC(C)N1CCN.Cl. The first-order valence-corrected chi connectivity index (χ1v) is 4.71. The van der Waals surface area contributed by atoms with Crippen LogP contribution >= 0.6 is 12.4 Å². The molecule has 1 fully saturated rings. The van der Waals surface area contributed by atoms with Gasteiger partial charge in [0.2, 0.25) is 0 Å². The number of likely N-dealkylation sites (tertiary alicyclic amines) is 1. The van der Waals surface area contributed by atoms with Gasteiger partial charge in [-0.25, -0.2) is 0 Å². The molecule has 0 aromatic carbocycles. The van der Waals surface area contributed by atoms with E-state index >= 15 is 0 Å². The van der Waals surface area contributed by atoms with Crippen molar-refractivity contribution in [1.82, 2.24) is 4.90 Å². The Balaban J connectivity index is 0.00000121. The van der Waals surface area contributed by atoms with Crippen molar-refractivity contribution in [3.05, 3.63) is 0 Å². The van der Waals surface area contributed by atoms with E-state index in [-0.39, 0.29) is 12.4 Å². The van der Waals surface area contributed by atoms with E-state index in [0.717, 1.165) is 25.2 Å². The number of nitrogens with zero attached hydrogens (tertiary/aromatic N) is 1. The van der Waals surface area contributed by atoms with E-state index in [1.807, 2.05) is 0 Å². The molecule has 0 aliphatic carbocycles. The summed E-state index contributed by atoms with van der Waals surface area (Å²) < 4.78 is 0. The van der Waals surface area contributed by atoms with Crippen molar-refractivity contribution in [2.24, 2.45) is 5.73 Å². The first kappa shape index (κ1) is 12.2. The molecule has 1 aliphatic rings. The van der Waals surface area contributed by atoms with Crippen molar-refractivity contribution in [2.45, 2.75) is 45.2 Å². The normalized spacial score (nSPS) is 31.2. The number of piperidine rings is 1. The van der Waals surface area contributed by atoms with Crippen LogP contribution in [0, 0.1) is 0 Å². The Morgan fingerprint density at radius 1 is 1.25 bits per heavy atom. The first-order valence-electron chi connectivity index (χ1n) is 4.71. The highest BCUT2D eigenvalue weighted by Gasteiger charge is 2.23. The molecule has 0 radical (unpaired) electrons. The van der Waals surface area contributed by atoms with Gasteiger partial charge in [-0.3, -0.25) is 4.90 Å². The highest BCUT2D eigenvalue weighted by atomic mass is 35.5. The second-order valence-corrected chi connectivity index (χ2v) is 3.66. The summed E-state index contributed by atoms with van der Waals surface area (Å²) in [4.78, 5) is 2.53. The van der Waals surface area contributed by atoms with Gasteiger partial charge in [-0.2, -0.15) is 0 Å². The second-order valence-electron chi connectivity index (χ2n) is 3.66. The van der Waals surface area contributed by atoms with E-state index in [0.29, 0.717) is 0 Å². The van der Waals surface area contributed by atoms with E-state index in [4.69, 9.17) is 5.73 Å². The molecule has 0 aromatic heterocycles. The fraction of sp³-hybridized carbons (Fsp3) is 1.00. The third-order valence-corrected chi connectivity index (χ3v) is 2.76. The van der Waals surface area contributed by atoms with Gasteiger partial charge in [0.15, 0.2) is 0 Å². The van der Waals surface area contributed by atoms with Crippen molar-refractivity contribution < 1.29 is 0 Å². The molecule has 1 rings (SSSR count). The molecule has 0 bridgehead atoms. The molecular weight excluding hydrogens is 172 g/mol. The zero-order valence-corrected chi connectivity index (χ0v) is 8.94. The highest BCUT2D eigenvalue weighted by molar-refractivity contribution is 5.85. The average Bonchev–Trinajstić information content (AvgIpc) is 1.97. The molecule has 2 nitrogen and oxygen atoms in total. The lowest BCUT2D eigenvalue weighted by Gasteiger charge is -2.38. The van der Waals surface area contributed by atoms with Gasteiger partial charge in [0.1, 0.15) is 0 Å². The molecule has 2 unspecified atom stereocenters. The zero-order chi connectivity index (χ0) is 8.27. The molecule has 2 atom stereocenters. The fourth-order valence-electron chi connectivity index (χ4n) is 2.06. The summed E-state index contributed by atoms with van der Waals surface area (Å²) in [6.07, 6.45) is 4.10. The molecule has 2 N–H and O–H groups in total. The van der Waals surface area contributed by atoms with Crippen LogP contribution in [-0.2, 0) is 0 Å². The lowest BCUT2D eigenvalue weighted by atomic mass is 9.98. The van der Waals surface area contributed by atoms with Gasteiger partial charge in [0.05, 0.1) is 0 Å².